The van der Waals surface area contributed by atoms with Gasteiger partial charge < -0.3 is 20.5 Å². The molecule has 1 saturated carbocycles. The Balaban J connectivity index is 1.43. The van der Waals surface area contributed by atoms with Gasteiger partial charge in [-0.3, -0.25) is 9.78 Å². The van der Waals surface area contributed by atoms with Gasteiger partial charge in [-0.05, 0) is 68.0 Å². The van der Waals surface area contributed by atoms with E-state index in [0.29, 0.717) is 60.9 Å². The molecule has 1 atom stereocenters. The molecule has 3 aromatic rings. The van der Waals surface area contributed by atoms with E-state index < -0.39 is 11.7 Å². The number of nitrogen functional groups attached to an aromatic ring is 1. The Morgan fingerprint density at radius 3 is 2.69 bits per heavy atom. The molecule has 1 fully saturated rings. The van der Waals surface area contributed by atoms with E-state index in [0.717, 1.165) is 28.8 Å². The molecule has 3 N–H and O–H groups in total. The molecule has 1 aromatic carbocycles. The number of halogens is 3. The lowest BCUT2D eigenvalue weighted by Crippen LogP contribution is -2.36. The summed E-state index contributed by atoms with van der Waals surface area (Å²) in [6.07, 6.45) is -2.11. The molecule has 0 bridgehead atoms. The second-order valence-corrected chi connectivity index (χ2v) is 9.62. The summed E-state index contributed by atoms with van der Waals surface area (Å²) in [7, 11) is 0. The average Bonchev–Trinajstić information content (AvgIpc) is 3.22. The van der Waals surface area contributed by atoms with Gasteiger partial charge in [0, 0.05) is 29.3 Å². The first-order valence-corrected chi connectivity index (χ1v) is 11.9. The number of hydrogen-bond acceptors (Lipinski definition) is 6. The number of aromatic nitrogens is 2. The maximum atomic E-state index is 13.6. The van der Waals surface area contributed by atoms with Crippen LogP contribution < -0.4 is 5.73 Å². The summed E-state index contributed by atoms with van der Waals surface area (Å²) in [5, 5.41) is 10.4. The first-order valence-electron chi connectivity index (χ1n) is 11.9. The summed E-state index contributed by atoms with van der Waals surface area (Å²) in [5.41, 5.74) is 8.52. The van der Waals surface area contributed by atoms with E-state index in [9.17, 15) is 23.1 Å². The van der Waals surface area contributed by atoms with Crippen molar-refractivity contribution in [2.45, 2.75) is 57.7 Å². The molecule has 36 heavy (non-hydrogen) atoms. The largest absolute Gasteiger partial charge is 0.417 e. The molecule has 0 unspecified atom stereocenters. The molecule has 2 aliphatic rings. The van der Waals surface area contributed by atoms with Gasteiger partial charge in [-0.25, -0.2) is 4.98 Å². The third kappa shape index (κ3) is 4.75. The first kappa shape index (κ1) is 24.5. The van der Waals surface area contributed by atoms with Gasteiger partial charge in [0.05, 0.1) is 42.1 Å². The fourth-order valence-electron chi connectivity index (χ4n) is 4.99. The maximum Gasteiger partial charge on any atom is 0.417 e. The molecule has 1 aliphatic heterocycles. The standard InChI is InChI=1S/C26H27F3N4O3/c1-14-23-21(13-36-14)20-10-16(2-5-22(20)32-24(23)30)25(35)33(7-6-15-8-19(34)9-15)12-18-4-3-17(11-31-18)26(27,28)29/h2-5,10-11,14-15,19,34H,6-9,12-13H2,1H3,(H2,30,32)/t14-,15-,19-/m1/s1. The molecular formula is C26H27F3N4O3. The number of nitrogens with two attached hydrogens (primary N) is 1. The van der Waals surface area contributed by atoms with Gasteiger partial charge in [0.25, 0.3) is 5.91 Å². The van der Waals surface area contributed by atoms with Crippen molar-refractivity contribution >= 4 is 22.6 Å². The van der Waals surface area contributed by atoms with Crippen molar-refractivity contribution in [3.05, 3.63) is 64.5 Å². The van der Waals surface area contributed by atoms with Crippen molar-refractivity contribution in [3.63, 3.8) is 0 Å². The third-order valence-electron chi connectivity index (χ3n) is 7.11. The van der Waals surface area contributed by atoms with Crippen molar-refractivity contribution in [3.8, 4) is 0 Å². The fraction of sp³-hybridized carbons (Fsp3) is 0.423. The number of ether oxygens (including phenoxy) is 1. The van der Waals surface area contributed by atoms with E-state index in [1.165, 1.54) is 6.07 Å². The molecule has 3 heterocycles. The molecule has 10 heteroatoms. The molecular weight excluding hydrogens is 473 g/mol. The summed E-state index contributed by atoms with van der Waals surface area (Å²) in [4.78, 5) is 23.7. The number of nitrogens with zero attached hydrogens (tertiary/aromatic N) is 3. The van der Waals surface area contributed by atoms with Crippen LogP contribution in [-0.2, 0) is 24.1 Å². The lowest BCUT2D eigenvalue weighted by Gasteiger charge is -2.33. The Morgan fingerprint density at radius 1 is 1.25 bits per heavy atom. The second kappa shape index (κ2) is 9.33. The van der Waals surface area contributed by atoms with Crippen LogP contribution in [0.15, 0.2) is 36.5 Å². The molecule has 2 aromatic heterocycles. The molecule has 7 nitrogen and oxygen atoms in total. The molecule has 0 spiro atoms. The molecule has 1 amide bonds. The lowest BCUT2D eigenvalue weighted by molar-refractivity contribution is -0.137. The summed E-state index contributed by atoms with van der Waals surface area (Å²) >= 11 is 0. The molecule has 1 aliphatic carbocycles. The van der Waals surface area contributed by atoms with Crippen LogP contribution in [0, 0.1) is 5.92 Å². The number of alkyl halides is 3. The number of benzene rings is 1. The van der Waals surface area contributed by atoms with Gasteiger partial charge in [-0.2, -0.15) is 13.2 Å². The second-order valence-electron chi connectivity index (χ2n) is 9.62. The number of fused-ring (bicyclic) bond motifs is 3. The summed E-state index contributed by atoms with van der Waals surface area (Å²) in [6, 6.07) is 7.49. The number of pyridine rings is 2. The van der Waals surface area contributed by atoms with Crippen LogP contribution >= 0.6 is 0 Å². The van der Waals surface area contributed by atoms with Crippen LogP contribution in [0.2, 0.25) is 0 Å². The normalized spacial score (nSPS) is 21.3. The average molecular weight is 501 g/mol. The number of aliphatic hydroxyl groups excluding tert-OH is 1. The van der Waals surface area contributed by atoms with E-state index in [4.69, 9.17) is 10.5 Å². The highest BCUT2D eigenvalue weighted by Gasteiger charge is 2.32. The monoisotopic (exact) mass is 500 g/mol. The van der Waals surface area contributed by atoms with Crippen molar-refractivity contribution in [1.82, 2.24) is 14.9 Å². The van der Waals surface area contributed by atoms with Gasteiger partial charge in [-0.1, -0.05) is 0 Å². The van der Waals surface area contributed by atoms with Crippen molar-refractivity contribution in [2.24, 2.45) is 5.92 Å². The minimum atomic E-state index is -4.48. The molecule has 0 saturated heterocycles. The van der Waals surface area contributed by atoms with Crippen molar-refractivity contribution in [2.75, 3.05) is 12.3 Å². The number of amides is 1. The van der Waals surface area contributed by atoms with Crippen molar-refractivity contribution < 1.29 is 27.8 Å². The van der Waals surface area contributed by atoms with Gasteiger partial charge in [0.15, 0.2) is 0 Å². The number of aliphatic hydroxyl groups is 1. The van der Waals surface area contributed by atoms with Gasteiger partial charge in [0.1, 0.15) is 5.82 Å². The Kier molecular flexibility index (Phi) is 6.34. The molecule has 0 radical (unpaired) electrons. The highest BCUT2D eigenvalue weighted by atomic mass is 19.4. The first-order chi connectivity index (χ1) is 17.1. The minimum absolute atomic E-state index is 0.0719. The van der Waals surface area contributed by atoms with E-state index >= 15 is 0 Å². The Morgan fingerprint density at radius 2 is 2.03 bits per heavy atom. The van der Waals surface area contributed by atoms with Crippen LogP contribution in [-0.4, -0.2) is 38.5 Å². The number of carbonyl (C=O) groups is 1. The summed E-state index contributed by atoms with van der Waals surface area (Å²) in [6.45, 7) is 2.75. The fourth-order valence-corrected chi connectivity index (χ4v) is 4.99. The van der Waals surface area contributed by atoms with Crippen molar-refractivity contribution in [1.29, 1.82) is 0 Å². The number of rotatable bonds is 6. The van der Waals surface area contributed by atoms with E-state index in [1.54, 1.807) is 23.1 Å². The quantitative estimate of drug-likeness (QED) is 0.512. The van der Waals surface area contributed by atoms with Crippen LogP contribution in [0.3, 0.4) is 0 Å². The van der Waals surface area contributed by atoms with Crippen LogP contribution in [0.4, 0.5) is 19.0 Å². The summed E-state index contributed by atoms with van der Waals surface area (Å²) < 4.78 is 44.6. The Labute approximate surface area is 206 Å². The molecule has 5 rings (SSSR count). The zero-order valence-electron chi connectivity index (χ0n) is 19.8. The van der Waals surface area contributed by atoms with Gasteiger partial charge in [-0.15, -0.1) is 0 Å². The Bertz CT molecular complexity index is 1290. The number of carbonyl (C=O) groups excluding carboxylic acids is 1. The highest BCUT2D eigenvalue weighted by Crippen LogP contribution is 2.38. The smallest absolute Gasteiger partial charge is 0.393 e. The van der Waals surface area contributed by atoms with Crippen LogP contribution in [0.5, 0.6) is 0 Å². The lowest BCUT2D eigenvalue weighted by atomic mass is 9.80. The zero-order valence-corrected chi connectivity index (χ0v) is 19.8. The Hall–Kier alpha value is -3.24. The zero-order chi connectivity index (χ0) is 25.6. The van der Waals surface area contributed by atoms with E-state index in [2.05, 4.69) is 9.97 Å². The van der Waals surface area contributed by atoms with Crippen LogP contribution in [0.25, 0.3) is 10.9 Å². The number of anilines is 1. The van der Waals surface area contributed by atoms with E-state index in [1.807, 2.05) is 6.92 Å². The topological polar surface area (TPSA) is 102 Å². The van der Waals surface area contributed by atoms with Gasteiger partial charge in [0.2, 0.25) is 0 Å². The maximum absolute atomic E-state index is 13.6. The summed E-state index contributed by atoms with van der Waals surface area (Å²) in [5.74, 6) is 0.469. The third-order valence-corrected chi connectivity index (χ3v) is 7.11. The SMILES string of the molecule is C[C@H]1OCc2c1c(N)nc1ccc(C(=O)N(CC[C@H]3C[C@H](O)C3)Cc3ccc(C(F)(F)F)cn3)cc21. The number of hydrogen-bond donors (Lipinski definition) is 2. The minimum Gasteiger partial charge on any atom is -0.393 e. The van der Waals surface area contributed by atoms with E-state index in [-0.39, 0.29) is 24.7 Å². The van der Waals surface area contributed by atoms with Gasteiger partial charge >= 0.3 is 6.18 Å². The molecule has 190 valence electrons. The predicted molar refractivity (Wildman–Crippen MR) is 127 cm³/mol. The highest BCUT2D eigenvalue weighted by molar-refractivity contribution is 5.99. The predicted octanol–water partition coefficient (Wildman–Crippen LogP) is 4.63. The van der Waals surface area contributed by atoms with Crippen LogP contribution in [0.1, 0.15) is 65.0 Å².